The van der Waals surface area contributed by atoms with Crippen molar-refractivity contribution < 1.29 is 19.7 Å². The molecule has 7 heteroatoms. The lowest BCUT2D eigenvalue weighted by atomic mass is 9.76. The fourth-order valence-corrected chi connectivity index (χ4v) is 4.94. The molecule has 0 bridgehead atoms. The van der Waals surface area contributed by atoms with E-state index in [1.807, 2.05) is 33.0 Å². The first-order chi connectivity index (χ1) is 11.6. The van der Waals surface area contributed by atoms with Crippen molar-refractivity contribution in [3.05, 3.63) is 28.8 Å². The van der Waals surface area contributed by atoms with E-state index in [2.05, 4.69) is 5.32 Å². The van der Waals surface area contributed by atoms with Crippen molar-refractivity contribution in [3.63, 3.8) is 0 Å². The lowest BCUT2D eigenvalue weighted by molar-refractivity contribution is -0.730. The Morgan fingerprint density at radius 3 is 2.52 bits per heavy atom. The van der Waals surface area contributed by atoms with Crippen molar-refractivity contribution in [2.45, 2.75) is 44.8 Å². The molecular formula is C18H21ClN3O3+. The third kappa shape index (κ3) is 1.92. The van der Waals surface area contributed by atoms with Crippen LogP contribution < -0.4 is 10.6 Å². The molecule has 2 saturated heterocycles. The average molecular weight is 363 g/mol. The number of halogens is 1. The smallest absolute Gasteiger partial charge is 0.291 e. The Balaban J connectivity index is 1.92. The second-order valence-corrected chi connectivity index (χ2v) is 8.66. The summed E-state index contributed by atoms with van der Waals surface area (Å²) in [6.45, 7) is 7.42. The van der Waals surface area contributed by atoms with Gasteiger partial charge in [0, 0.05) is 16.1 Å². The van der Waals surface area contributed by atoms with Crippen LogP contribution >= 0.6 is 11.6 Å². The molecule has 3 heterocycles. The summed E-state index contributed by atoms with van der Waals surface area (Å²) < 4.78 is 0. The number of imide groups is 1. The van der Waals surface area contributed by atoms with Gasteiger partial charge in [0.1, 0.15) is 11.8 Å². The summed E-state index contributed by atoms with van der Waals surface area (Å²) in [6, 6.07) is 5.01. The Hall–Kier alpha value is -1.92. The molecule has 0 unspecified atom stereocenters. The van der Waals surface area contributed by atoms with Gasteiger partial charge in [-0.1, -0.05) is 11.6 Å². The molecule has 3 amide bonds. The maximum Gasteiger partial charge on any atom is 0.291 e. The molecule has 0 saturated carbocycles. The second-order valence-electron chi connectivity index (χ2n) is 8.22. The second kappa shape index (κ2) is 4.83. The number of nitrogens with one attached hydrogen (secondary N) is 1. The third-order valence-electron chi connectivity index (χ3n) is 5.66. The van der Waals surface area contributed by atoms with Gasteiger partial charge in [-0.15, -0.1) is 0 Å². The van der Waals surface area contributed by atoms with Gasteiger partial charge in [0.05, 0.1) is 11.7 Å². The SMILES string of the molecule is C[C@@H]1[NH2+][C@@]2(C(=O)Nc3ccc(Cl)cc32)[C@@H]2C(=O)N(C(C)(C)C)C(=O)[C@H]12. The number of quaternary nitrogens is 1. The van der Waals surface area contributed by atoms with E-state index in [1.54, 1.807) is 18.2 Å². The van der Waals surface area contributed by atoms with Crippen LogP contribution in [0.25, 0.3) is 0 Å². The molecule has 1 aromatic carbocycles. The van der Waals surface area contributed by atoms with Gasteiger partial charge >= 0.3 is 0 Å². The third-order valence-corrected chi connectivity index (χ3v) is 5.89. The zero-order valence-electron chi connectivity index (χ0n) is 14.6. The number of carbonyl (C=O) groups excluding carboxylic acids is 3. The Bertz CT molecular complexity index is 831. The van der Waals surface area contributed by atoms with Gasteiger partial charge in [0.15, 0.2) is 0 Å². The number of hydrogen-bond donors (Lipinski definition) is 2. The highest BCUT2D eigenvalue weighted by Crippen LogP contribution is 2.50. The summed E-state index contributed by atoms with van der Waals surface area (Å²) in [5.74, 6) is -1.94. The van der Waals surface area contributed by atoms with E-state index in [9.17, 15) is 14.4 Å². The van der Waals surface area contributed by atoms with Crippen molar-refractivity contribution in [2.75, 3.05) is 5.32 Å². The van der Waals surface area contributed by atoms with E-state index < -0.39 is 22.9 Å². The molecule has 1 spiro atoms. The molecule has 3 N–H and O–H groups in total. The first kappa shape index (κ1) is 16.5. The normalized spacial score (nSPS) is 33.9. The van der Waals surface area contributed by atoms with Crippen LogP contribution in [-0.4, -0.2) is 34.2 Å². The molecule has 2 fully saturated rings. The molecule has 0 aliphatic carbocycles. The highest BCUT2D eigenvalue weighted by molar-refractivity contribution is 6.31. The molecule has 0 radical (unpaired) electrons. The van der Waals surface area contributed by atoms with Crippen LogP contribution in [0.2, 0.25) is 5.02 Å². The number of nitrogens with two attached hydrogens (primary N) is 1. The van der Waals surface area contributed by atoms with E-state index >= 15 is 0 Å². The first-order valence-corrected chi connectivity index (χ1v) is 8.82. The number of benzene rings is 1. The van der Waals surface area contributed by atoms with Crippen molar-refractivity contribution >= 4 is 35.0 Å². The molecule has 132 valence electrons. The number of likely N-dealkylation sites (tertiary alicyclic amines) is 1. The highest BCUT2D eigenvalue weighted by atomic mass is 35.5. The summed E-state index contributed by atoms with van der Waals surface area (Å²) in [5.41, 5.74) is -0.392. The summed E-state index contributed by atoms with van der Waals surface area (Å²) in [7, 11) is 0. The van der Waals surface area contributed by atoms with Gasteiger partial charge in [0.25, 0.3) is 5.91 Å². The number of hydrogen-bond acceptors (Lipinski definition) is 3. The van der Waals surface area contributed by atoms with Crippen LogP contribution in [0.15, 0.2) is 18.2 Å². The lowest BCUT2D eigenvalue weighted by Gasteiger charge is -2.33. The summed E-state index contributed by atoms with van der Waals surface area (Å²) in [4.78, 5) is 40.6. The van der Waals surface area contributed by atoms with Gasteiger partial charge in [-0.25, -0.2) is 0 Å². The molecule has 0 aromatic heterocycles. The number of amides is 3. The summed E-state index contributed by atoms with van der Waals surface area (Å²) >= 11 is 6.16. The summed E-state index contributed by atoms with van der Waals surface area (Å²) in [5, 5.41) is 5.24. The van der Waals surface area contributed by atoms with Gasteiger partial charge in [-0.05, 0) is 45.9 Å². The van der Waals surface area contributed by atoms with E-state index in [1.165, 1.54) is 4.90 Å². The predicted molar refractivity (Wildman–Crippen MR) is 91.7 cm³/mol. The van der Waals surface area contributed by atoms with E-state index in [4.69, 9.17) is 11.6 Å². The fourth-order valence-electron chi connectivity index (χ4n) is 4.77. The molecule has 1 aromatic rings. The molecule has 3 aliphatic rings. The minimum atomic E-state index is -1.13. The monoisotopic (exact) mass is 362 g/mol. The minimum absolute atomic E-state index is 0.176. The minimum Gasteiger partial charge on any atom is -0.326 e. The molecule has 4 rings (SSSR count). The zero-order chi connectivity index (χ0) is 18.3. The molecule has 25 heavy (non-hydrogen) atoms. The first-order valence-electron chi connectivity index (χ1n) is 8.44. The molecule has 6 nitrogen and oxygen atoms in total. The Labute approximate surface area is 150 Å². The van der Waals surface area contributed by atoms with Crippen molar-refractivity contribution in [1.82, 2.24) is 4.90 Å². The Morgan fingerprint density at radius 1 is 1.20 bits per heavy atom. The summed E-state index contributed by atoms with van der Waals surface area (Å²) in [6.07, 6.45) is 0. The number of rotatable bonds is 0. The van der Waals surface area contributed by atoms with Crippen LogP contribution in [0.3, 0.4) is 0 Å². The standard InChI is InChI=1S/C18H20ClN3O3/c1-8-12-13(15(24)22(14(12)23)17(2,3)4)18(21-8)10-7-9(19)5-6-11(10)20-16(18)25/h5-8,12-13,21H,1-4H3,(H,20,25)/p+1/t8-,12+,13-,18+/m0/s1. The van der Waals surface area contributed by atoms with Crippen LogP contribution in [0, 0.1) is 11.8 Å². The number of carbonyl (C=O) groups is 3. The van der Waals surface area contributed by atoms with Crippen molar-refractivity contribution in [2.24, 2.45) is 11.8 Å². The van der Waals surface area contributed by atoms with Gasteiger partial charge < -0.3 is 10.6 Å². The average Bonchev–Trinajstić information content (AvgIpc) is 3.04. The molecule has 3 aliphatic heterocycles. The maximum atomic E-state index is 13.3. The van der Waals surface area contributed by atoms with Gasteiger partial charge in [-0.2, -0.15) is 0 Å². The fraction of sp³-hybridized carbons (Fsp3) is 0.500. The predicted octanol–water partition coefficient (Wildman–Crippen LogP) is 0.853. The van der Waals surface area contributed by atoms with E-state index in [0.717, 1.165) is 0 Å². The molecule has 4 atom stereocenters. The Kier molecular flexibility index (Phi) is 3.19. The Morgan fingerprint density at radius 2 is 1.88 bits per heavy atom. The van der Waals surface area contributed by atoms with Gasteiger partial charge in [0.2, 0.25) is 17.4 Å². The highest BCUT2D eigenvalue weighted by Gasteiger charge is 2.74. The number of fused-ring (bicyclic) bond motifs is 4. The van der Waals surface area contributed by atoms with E-state index in [-0.39, 0.29) is 23.8 Å². The quantitative estimate of drug-likeness (QED) is 0.671. The number of nitrogens with zero attached hydrogens (tertiary/aromatic N) is 1. The number of anilines is 1. The van der Waals surface area contributed by atoms with E-state index in [0.29, 0.717) is 16.3 Å². The lowest BCUT2D eigenvalue weighted by Crippen LogP contribution is -2.98. The van der Waals surface area contributed by atoms with Crippen LogP contribution in [0.1, 0.15) is 33.3 Å². The van der Waals surface area contributed by atoms with Crippen molar-refractivity contribution in [3.8, 4) is 0 Å². The largest absolute Gasteiger partial charge is 0.326 e. The molecular weight excluding hydrogens is 342 g/mol. The van der Waals surface area contributed by atoms with Crippen molar-refractivity contribution in [1.29, 1.82) is 0 Å². The zero-order valence-corrected chi connectivity index (χ0v) is 15.3. The van der Waals surface area contributed by atoms with Gasteiger partial charge in [-0.3, -0.25) is 19.3 Å². The van der Waals surface area contributed by atoms with Crippen LogP contribution in [-0.2, 0) is 19.9 Å². The van der Waals surface area contributed by atoms with Crippen LogP contribution in [0.5, 0.6) is 0 Å². The topological polar surface area (TPSA) is 83.1 Å². The van der Waals surface area contributed by atoms with Crippen LogP contribution in [0.4, 0.5) is 5.69 Å². The maximum absolute atomic E-state index is 13.3.